The number of carbonyl (C=O) groups excluding carboxylic acids is 2. The van der Waals surface area contributed by atoms with Crippen LogP contribution < -0.4 is 15.0 Å². The second-order valence-corrected chi connectivity index (χ2v) is 11.2. The molecule has 1 aliphatic heterocycles. The summed E-state index contributed by atoms with van der Waals surface area (Å²) in [6, 6.07) is 18.2. The monoisotopic (exact) mass is 622 g/mol. The van der Waals surface area contributed by atoms with Crippen molar-refractivity contribution in [1.29, 1.82) is 0 Å². The first-order chi connectivity index (χ1) is 21.0. The van der Waals surface area contributed by atoms with Gasteiger partial charge in [0.1, 0.15) is 12.1 Å². The number of thioether (sulfide) groups is 1. The Morgan fingerprint density at radius 3 is 2.41 bits per heavy atom. The molecule has 0 spiro atoms. The van der Waals surface area contributed by atoms with Crippen LogP contribution in [0.4, 0.5) is 23.7 Å². The van der Waals surface area contributed by atoms with Crippen LogP contribution >= 0.6 is 11.8 Å². The first-order valence-electron chi connectivity index (χ1n) is 13.7. The van der Waals surface area contributed by atoms with Gasteiger partial charge in [-0.05, 0) is 74.6 Å². The number of halogens is 3. The SMILES string of the molecule is Cc1cccc(C)c1N1C(=O)CS/C1=N\C(=O)NC(C)CCc1ccc(-c2ncn(-c3ccc(OC(F)(F)F)cc3)n2)cc1. The third-order valence-electron chi connectivity index (χ3n) is 6.90. The normalized spacial score (nSPS) is 15.1. The van der Waals surface area contributed by atoms with Crippen LogP contribution in [0.1, 0.15) is 30.0 Å². The number of amides is 3. The van der Waals surface area contributed by atoms with E-state index in [0.29, 0.717) is 29.5 Å². The smallest absolute Gasteiger partial charge is 0.406 e. The first kappa shape index (κ1) is 30.8. The molecule has 3 amide bonds. The summed E-state index contributed by atoms with van der Waals surface area (Å²) in [5.74, 6) is 0.273. The number of hydrogen-bond acceptors (Lipinski definition) is 6. The number of alkyl halides is 3. The second kappa shape index (κ2) is 12.9. The number of aliphatic imine (C=N–C) groups is 1. The highest BCUT2D eigenvalue weighted by Gasteiger charge is 2.33. The molecule has 1 N–H and O–H groups in total. The minimum atomic E-state index is -4.75. The summed E-state index contributed by atoms with van der Waals surface area (Å²) in [6.45, 7) is 5.76. The molecule has 0 bridgehead atoms. The second-order valence-electron chi connectivity index (χ2n) is 10.3. The lowest BCUT2D eigenvalue weighted by atomic mass is 10.0. The number of para-hydroxylation sites is 1. The van der Waals surface area contributed by atoms with E-state index in [-0.39, 0.29) is 23.5 Å². The van der Waals surface area contributed by atoms with Crippen LogP contribution in [0, 0.1) is 13.8 Å². The lowest BCUT2D eigenvalue weighted by Gasteiger charge is -2.21. The van der Waals surface area contributed by atoms with E-state index in [0.717, 1.165) is 27.9 Å². The number of benzene rings is 3. The Morgan fingerprint density at radius 2 is 1.75 bits per heavy atom. The zero-order valence-electron chi connectivity index (χ0n) is 24.1. The minimum absolute atomic E-state index is 0.106. The van der Waals surface area contributed by atoms with Crippen LogP contribution in [0.15, 0.2) is 78.0 Å². The van der Waals surface area contributed by atoms with E-state index in [1.165, 1.54) is 51.9 Å². The molecule has 1 saturated heterocycles. The number of urea groups is 1. The minimum Gasteiger partial charge on any atom is -0.406 e. The Kier molecular flexibility index (Phi) is 9.04. The maximum Gasteiger partial charge on any atom is 0.573 e. The predicted octanol–water partition coefficient (Wildman–Crippen LogP) is 6.62. The van der Waals surface area contributed by atoms with Gasteiger partial charge >= 0.3 is 12.4 Å². The predicted molar refractivity (Wildman–Crippen MR) is 163 cm³/mol. The molecule has 0 radical (unpaired) electrons. The van der Waals surface area contributed by atoms with Crippen LogP contribution in [-0.2, 0) is 11.2 Å². The van der Waals surface area contributed by atoms with Gasteiger partial charge in [-0.25, -0.2) is 14.5 Å². The molecule has 1 aromatic heterocycles. The molecule has 1 fully saturated rings. The number of aryl methyl sites for hydroxylation is 3. The average molecular weight is 623 g/mol. The lowest BCUT2D eigenvalue weighted by Crippen LogP contribution is -2.34. The number of hydrogen-bond donors (Lipinski definition) is 1. The van der Waals surface area contributed by atoms with E-state index >= 15 is 0 Å². The van der Waals surface area contributed by atoms with Gasteiger partial charge < -0.3 is 10.1 Å². The highest BCUT2D eigenvalue weighted by atomic mass is 32.2. The summed E-state index contributed by atoms with van der Waals surface area (Å²) in [6.07, 6.45) is -1.90. The lowest BCUT2D eigenvalue weighted by molar-refractivity contribution is -0.274. The molecule has 5 rings (SSSR count). The molecule has 44 heavy (non-hydrogen) atoms. The standard InChI is InChI=1S/C31H29F3N6O3S/c1-19-5-4-6-20(2)27(19)40-26(41)17-44-30(40)37-29(42)36-21(3)7-8-22-9-11-23(12-10-22)28-35-18-39(38-28)24-13-15-25(16-14-24)43-31(32,33)34/h4-6,9-16,18,21H,7-8,17H2,1-3H3,(H,36,42)/b37-30-. The zero-order chi connectivity index (χ0) is 31.4. The fourth-order valence-electron chi connectivity index (χ4n) is 4.75. The van der Waals surface area contributed by atoms with E-state index < -0.39 is 12.4 Å². The van der Waals surface area contributed by atoms with E-state index in [1.807, 2.05) is 63.2 Å². The number of anilines is 1. The number of nitrogens with one attached hydrogen (secondary N) is 1. The molecule has 0 aliphatic carbocycles. The van der Waals surface area contributed by atoms with Gasteiger partial charge in [-0.1, -0.05) is 54.2 Å². The molecule has 0 saturated carbocycles. The first-order valence-corrected chi connectivity index (χ1v) is 14.7. The Bertz CT molecular complexity index is 1670. The summed E-state index contributed by atoms with van der Waals surface area (Å²) < 4.78 is 42.6. The van der Waals surface area contributed by atoms with Crippen LogP contribution in [0.2, 0.25) is 0 Å². The molecule has 1 aliphatic rings. The Morgan fingerprint density at radius 1 is 1.07 bits per heavy atom. The van der Waals surface area contributed by atoms with Gasteiger partial charge in [0.05, 0.1) is 17.1 Å². The van der Waals surface area contributed by atoms with Crippen molar-refractivity contribution in [3.63, 3.8) is 0 Å². The number of amidine groups is 1. The average Bonchev–Trinajstić information content (AvgIpc) is 3.59. The van der Waals surface area contributed by atoms with Crippen molar-refractivity contribution < 1.29 is 27.5 Å². The maximum atomic E-state index is 12.7. The fraction of sp³-hybridized carbons (Fsp3) is 0.258. The van der Waals surface area contributed by atoms with Crippen molar-refractivity contribution in [2.75, 3.05) is 10.7 Å². The van der Waals surface area contributed by atoms with Crippen LogP contribution in [0.25, 0.3) is 17.1 Å². The Labute approximate surface area is 256 Å². The number of aromatic nitrogens is 3. The molecule has 1 unspecified atom stereocenters. The van der Waals surface area contributed by atoms with E-state index in [4.69, 9.17) is 0 Å². The number of carbonyl (C=O) groups is 2. The maximum absolute atomic E-state index is 12.7. The van der Waals surface area contributed by atoms with Crippen molar-refractivity contribution in [2.24, 2.45) is 4.99 Å². The summed E-state index contributed by atoms with van der Waals surface area (Å²) in [4.78, 5) is 35.4. The Balaban J connectivity index is 1.15. The summed E-state index contributed by atoms with van der Waals surface area (Å²) in [5.41, 5.74) is 5.00. The quantitative estimate of drug-likeness (QED) is 0.237. The van der Waals surface area contributed by atoms with Crippen molar-refractivity contribution in [3.05, 3.63) is 89.7 Å². The molecular formula is C31H29F3N6O3S. The van der Waals surface area contributed by atoms with E-state index in [1.54, 1.807) is 0 Å². The van der Waals surface area contributed by atoms with Gasteiger partial charge in [-0.3, -0.25) is 9.69 Å². The molecular weight excluding hydrogens is 593 g/mol. The number of rotatable bonds is 8. The molecule has 228 valence electrons. The van der Waals surface area contributed by atoms with Crippen LogP contribution in [-0.4, -0.2) is 50.0 Å². The molecule has 4 aromatic rings. The van der Waals surface area contributed by atoms with Crippen molar-refractivity contribution in [1.82, 2.24) is 20.1 Å². The molecule has 2 heterocycles. The fourth-order valence-corrected chi connectivity index (χ4v) is 5.60. The van der Waals surface area contributed by atoms with E-state index in [9.17, 15) is 22.8 Å². The van der Waals surface area contributed by atoms with Gasteiger partial charge in [0, 0.05) is 11.6 Å². The third-order valence-corrected chi connectivity index (χ3v) is 7.82. The highest BCUT2D eigenvalue weighted by molar-refractivity contribution is 8.15. The van der Waals surface area contributed by atoms with Gasteiger partial charge in [0.2, 0.25) is 5.91 Å². The summed E-state index contributed by atoms with van der Waals surface area (Å²) >= 11 is 1.25. The van der Waals surface area contributed by atoms with Crippen LogP contribution in [0.5, 0.6) is 5.75 Å². The van der Waals surface area contributed by atoms with Crippen LogP contribution in [0.3, 0.4) is 0 Å². The van der Waals surface area contributed by atoms with Gasteiger partial charge in [0.25, 0.3) is 0 Å². The van der Waals surface area contributed by atoms with E-state index in [2.05, 4.69) is 25.1 Å². The van der Waals surface area contributed by atoms with Gasteiger partial charge in [-0.2, -0.15) is 4.99 Å². The molecule has 3 aromatic carbocycles. The third kappa shape index (κ3) is 7.46. The summed E-state index contributed by atoms with van der Waals surface area (Å²) in [7, 11) is 0. The zero-order valence-corrected chi connectivity index (χ0v) is 24.9. The van der Waals surface area contributed by atoms with Gasteiger partial charge in [-0.15, -0.1) is 18.3 Å². The molecule has 9 nitrogen and oxygen atoms in total. The molecule has 1 atom stereocenters. The molecule has 13 heteroatoms. The Hall–Kier alpha value is -4.65. The number of ether oxygens (including phenoxy) is 1. The summed E-state index contributed by atoms with van der Waals surface area (Å²) in [5, 5.41) is 7.70. The number of nitrogens with zero attached hydrogens (tertiary/aromatic N) is 5. The van der Waals surface area contributed by atoms with Crippen molar-refractivity contribution in [3.8, 4) is 22.8 Å². The van der Waals surface area contributed by atoms with Crippen molar-refractivity contribution >= 4 is 34.6 Å². The highest BCUT2D eigenvalue weighted by Crippen LogP contribution is 2.32. The topological polar surface area (TPSA) is 102 Å². The van der Waals surface area contributed by atoms with Crippen molar-refractivity contribution in [2.45, 2.75) is 46.0 Å². The van der Waals surface area contributed by atoms with Gasteiger partial charge in [0.15, 0.2) is 11.0 Å². The largest absolute Gasteiger partial charge is 0.573 e.